The number of hydrogen-bond acceptors (Lipinski definition) is 3. The van der Waals surface area contributed by atoms with E-state index in [1.807, 2.05) is 24.3 Å². The van der Waals surface area contributed by atoms with Crippen molar-refractivity contribution in [2.75, 3.05) is 6.54 Å². The first-order chi connectivity index (χ1) is 5.38. The van der Waals surface area contributed by atoms with E-state index in [-0.39, 0.29) is 5.78 Å². The predicted molar refractivity (Wildman–Crippen MR) is 44.6 cm³/mol. The van der Waals surface area contributed by atoms with Crippen LogP contribution in [-0.4, -0.2) is 12.3 Å². The minimum absolute atomic E-state index is 0.180. The van der Waals surface area contributed by atoms with E-state index < -0.39 is 0 Å². The van der Waals surface area contributed by atoms with Gasteiger partial charge in [-0.05, 0) is 18.0 Å². The summed E-state index contributed by atoms with van der Waals surface area (Å²) in [5.74, 6) is 0.180. The molecule has 1 heterocycles. The van der Waals surface area contributed by atoms with Crippen molar-refractivity contribution in [2.24, 2.45) is 0 Å². The molecular weight excluding hydrogens is 158 g/mol. The van der Waals surface area contributed by atoms with Crippen molar-refractivity contribution in [1.29, 1.82) is 0 Å². The lowest BCUT2D eigenvalue weighted by molar-refractivity contribution is 0.0993. The van der Waals surface area contributed by atoms with Crippen LogP contribution in [0, 0.1) is 0 Å². The molecule has 1 aromatic rings. The summed E-state index contributed by atoms with van der Waals surface area (Å²) in [6, 6.07) is 7.64. The Hall–Kier alpha value is -0.800. The zero-order chi connectivity index (χ0) is 7.68. The average molecular weight is 165 g/mol. The second kappa shape index (κ2) is 2.68. The topological polar surface area (TPSA) is 29.1 Å². The fourth-order valence-corrected chi connectivity index (χ4v) is 1.86. The lowest BCUT2D eigenvalue weighted by atomic mass is 10.1. The zero-order valence-electron chi connectivity index (χ0n) is 5.83. The van der Waals surface area contributed by atoms with Crippen LogP contribution >= 0.6 is 11.9 Å². The molecule has 0 atom stereocenters. The van der Waals surface area contributed by atoms with Crippen LogP contribution in [0.4, 0.5) is 0 Å². The molecule has 0 saturated heterocycles. The van der Waals surface area contributed by atoms with E-state index in [2.05, 4.69) is 4.72 Å². The Morgan fingerprint density at radius 3 is 3.00 bits per heavy atom. The lowest BCUT2D eigenvalue weighted by Crippen LogP contribution is -2.22. The van der Waals surface area contributed by atoms with Crippen molar-refractivity contribution >= 4 is 17.7 Å². The van der Waals surface area contributed by atoms with Gasteiger partial charge in [0.15, 0.2) is 5.78 Å². The number of ketones is 1. The molecule has 0 radical (unpaired) electrons. The summed E-state index contributed by atoms with van der Waals surface area (Å²) in [6.07, 6.45) is 0. The van der Waals surface area contributed by atoms with E-state index in [0.29, 0.717) is 6.54 Å². The lowest BCUT2D eigenvalue weighted by Gasteiger charge is -2.13. The van der Waals surface area contributed by atoms with Crippen LogP contribution in [-0.2, 0) is 0 Å². The smallest absolute Gasteiger partial charge is 0.178 e. The van der Waals surface area contributed by atoms with Gasteiger partial charge in [-0.25, -0.2) is 0 Å². The molecule has 0 saturated carbocycles. The molecule has 1 aliphatic heterocycles. The summed E-state index contributed by atoms with van der Waals surface area (Å²) in [4.78, 5) is 12.2. The first-order valence-electron chi connectivity index (χ1n) is 3.40. The molecule has 1 aromatic carbocycles. The first-order valence-corrected chi connectivity index (χ1v) is 4.21. The molecule has 0 bridgehead atoms. The number of benzene rings is 1. The van der Waals surface area contributed by atoms with Crippen molar-refractivity contribution in [3.05, 3.63) is 29.8 Å². The molecule has 0 spiro atoms. The Labute approximate surface area is 69.1 Å². The van der Waals surface area contributed by atoms with Gasteiger partial charge < -0.3 is 0 Å². The van der Waals surface area contributed by atoms with Gasteiger partial charge in [0, 0.05) is 10.5 Å². The van der Waals surface area contributed by atoms with Gasteiger partial charge in [-0.15, -0.1) is 0 Å². The maximum Gasteiger partial charge on any atom is 0.178 e. The van der Waals surface area contributed by atoms with E-state index in [1.54, 1.807) is 0 Å². The summed E-state index contributed by atoms with van der Waals surface area (Å²) < 4.78 is 2.96. The summed E-state index contributed by atoms with van der Waals surface area (Å²) in [5.41, 5.74) is 0.844. The van der Waals surface area contributed by atoms with E-state index in [1.165, 1.54) is 11.9 Å². The summed E-state index contributed by atoms with van der Waals surface area (Å²) >= 11 is 1.52. The van der Waals surface area contributed by atoms with Crippen LogP contribution in [0.1, 0.15) is 10.4 Å². The maximum atomic E-state index is 11.2. The van der Waals surface area contributed by atoms with Crippen LogP contribution in [0.25, 0.3) is 0 Å². The Bertz CT molecular complexity index is 298. The minimum atomic E-state index is 0.180. The molecule has 0 fully saturated rings. The third kappa shape index (κ3) is 1.17. The Morgan fingerprint density at radius 1 is 1.36 bits per heavy atom. The molecule has 0 unspecified atom stereocenters. The predicted octanol–water partition coefficient (Wildman–Crippen LogP) is 1.48. The van der Waals surface area contributed by atoms with Gasteiger partial charge in [0.05, 0.1) is 6.54 Å². The molecule has 1 aliphatic rings. The maximum absolute atomic E-state index is 11.2. The number of hydrogen-bond donors (Lipinski definition) is 1. The average Bonchev–Trinajstić information content (AvgIpc) is 2.06. The van der Waals surface area contributed by atoms with Crippen molar-refractivity contribution in [3.63, 3.8) is 0 Å². The van der Waals surface area contributed by atoms with Crippen molar-refractivity contribution in [2.45, 2.75) is 4.90 Å². The van der Waals surface area contributed by atoms with Crippen molar-refractivity contribution in [3.8, 4) is 0 Å². The molecular formula is C8H7NOS. The highest BCUT2D eigenvalue weighted by atomic mass is 32.2. The van der Waals surface area contributed by atoms with Crippen LogP contribution < -0.4 is 4.72 Å². The second-order valence-electron chi connectivity index (χ2n) is 2.34. The Balaban J connectivity index is 2.52. The van der Waals surface area contributed by atoms with E-state index >= 15 is 0 Å². The normalized spacial score (nSPS) is 16.2. The van der Waals surface area contributed by atoms with E-state index in [9.17, 15) is 4.79 Å². The van der Waals surface area contributed by atoms with Gasteiger partial charge in [-0.2, -0.15) is 0 Å². The summed E-state index contributed by atoms with van der Waals surface area (Å²) in [5, 5.41) is 0. The van der Waals surface area contributed by atoms with Gasteiger partial charge in [0.2, 0.25) is 0 Å². The number of rotatable bonds is 0. The minimum Gasteiger partial charge on any atom is -0.293 e. The van der Waals surface area contributed by atoms with Gasteiger partial charge in [-0.1, -0.05) is 18.2 Å². The quantitative estimate of drug-likeness (QED) is 0.590. The number of Topliss-reactive ketones (excluding diaryl/α,β-unsaturated/α-hetero) is 1. The highest BCUT2D eigenvalue weighted by Gasteiger charge is 2.15. The Morgan fingerprint density at radius 2 is 2.18 bits per heavy atom. The number of carbonyl (C=O) groups excluding carboxylic acids is 1. The largest absolute Gasteiger partial charge is 0.293 e. The van der Waals surface area contributed by atoms with Gasteiger partial charge in [0.25, 0.3) is 0 Å². The molecule has 56 valence electrons. The standard InChI is InChI=1S/C8H7NOS/c10-7-5-9-11-8-4-2-1-3-6(7)8/h1-4,9H,5H2. The molecule has 3 heteroatoms. The second-order valence-corrected chi connectivity index (χ2v) is 3.28. The fraction of sp³-hybridized carbons (Fsp3) is 0.125. The third-order valence-corrected chi connectivity index (χ3v) is 2.47. The van der Waals surface area contributed by atoms with Gasteiger partial charge in [0.1, 0.15) is 0 Å². The highest BCUT2D eigenvalue weighted by Crippen LogP contribution is 2.23. The van der Waals surface area contributed by atoms with Crippen LogP contribution in [0.2, 0.25) is 0 Å². The molecule has 0 amide bonds. The number of fused-ring (bicyclic) bond motifs is 1. The van der Waals surface area contributed by atoms with E-state index in [0.717, 1.165) is 10.5 Å². The van der Waals surface area contributed by atoms with Crippen LogP contribution in [0.3, 0.4) is 0 Å². The summed E-state index contributed by atoms with van der Waals surface area (Å²) in [7, 11) is 0. The molecule has 1 N–H and O–H groups in total. The summed E-state index contributed by atoms with van der Waals surface area (Å²) in [6.45, 7) is 0.446. The SMILES string of the molecule is O=C1CNSc2ccccc21. The van der Waals surface area contributed by atoms with Crippen LogP contribution in [0.5, 0.6) is 0 Å². The van der Waals surface area contributed by atoms with Crippen molar-refractivity contribution < 1.29 is 4.79 Å². The van der Waals surface area contributed by atoms with Gasteiger partial charge >= 0.3 is 0 Å². The van der Waals surface area contributed by atoms with E-state index in [4.69, 9.17) is 0 Å². The first kappa shape index (κ1) is 6.88. The number of nitrogens with one attached hydrogen (secondary N) is 1. The monoisotopic (exact) mass is 165 g/mol. The number of carbonyl (C=O) groups is 1. The highest BCUT2D eigenvalue weighted by molar-refractivity contribution is 7.97. The van der Waals surface area contributed by atoms with Crippen LogP contribution in [0.15, 0.2) is 29.2 Å². The molecule has 0 aliphatic carbocycles. The Kier molecular flexibility index (Phi) is 1.68. The molecule has 2 rings (SSSR count). The zero-order valence-corrected chi connectivity index (χ0v) is 6.65. The third-order valence-electron chi connectivity index (χ3n) is 1.60. The van der Waals surface area contributed by atoms with Gasteiger partial charge in [-0.3, -0.25) is 9.52 Å². The molecule has 2 nitrogen and oxygen atoms in total. The fourth-order valence-electron chi connectivity index (χ4n) is 1.06. The van der Waals surface area contributed by atoms with Crippen molar-refractivity contribution in [1.82, 2.24) is 4.72 Å². The molecule has 0 aromatic heterocycles. The molecule has 11 heavy (non-hydrogen) atoms.